The molecule has 44 heavy (non-hydrogen) atoms. The zero-order chi connectivity index (χ0) is 30.5. The number of carbonyl (C=O) groups excluding carboxylic acids is 2. The Morgan fingerprint density at radius 3 is 2.32 bits per heavy atom. The van der Waals surface area contributed by atoms with Gasteiger partial charge in [-0.1, -0.05) is 36.4 Å². The lowest BCUT2D eigenvalue weighted by Gasteiger charge is -2.41. The monoisotopic (exact) mass is 660 g/mol. The van der Waals surface area contributed by atoms with Gasteiger partial charge in [0.15, 0.2) is 0 Å². The van der Waals surface area contributed by atoms with Crippen molar-refractivity contribution in [2.24, 2.45) is 11.8 Å². The second kappa shape index (κ2) is 13.8. The van der Waals surface area contributed by atoms with E-state index in [-0.39, 0.29) is 29.7 Å². The minimum Gasteiger partial charge on any atom is -0.457 e. The van der Waals surface area contributed by atoms with E-state index in [4.69, 9.17) is 9.47 Å². The maximum absolute atomic E-state index is 14.0. The third kappa shape index (κ3) is 6.70. The van der Waals surface area contributed by atoms with Crippen LogP contribution < -0.4 is 10.1 Å². The number of unbranched alkanes of at least 4 members (excludes halogenated alkanes) is 1. The van der Waals surface area contributed by atoms with Crippen molar-refractivity contribution in [3.05, 3.63) is 89.7 Å². The minimum absolute atomic E-state index is 0.0169. The molecule has 2 fully saturated rings. The molecule has 2 aromatic carbocycles. The van der Waals surface area contributed by atoms with Gasteiger partial charge < -0.3 is 19.7 Å². The molecule has 3 aromatic rings. The van der Waals surface area contributed by atoms with E-state index >= 15 is 0 Å². The summed E-state index contributed by atoms with van der Waals surface area (Å²) in [6.07, 6.45) is 8.85. The lowest BCUT2D eigenvalue weighted by Crippen LogP contribution is -2.50. The molecule has 3 aliphatic rings. The Kier molecular flexibility index (Phi) is 9.64. The average molecular weight is 662 g/mol. The molecular formula is C35H41BrN4O4. The lowest BCUT2D eigenvalue weighted by molar-refractivity contribution is -0.139. The van der Waals surface area contributed by atoms with Crippen molar-refractivity contribution >= 4 is 28.0 Å². The van der Waals surface area contributed by atoms with Crippen LogP contribution in [0.2, 0.25) is 0 Å². The fourth-order valence-electron chi connectivity index (χ4n) is 6.88. The molecule has 232 valence electrons. The second-order valence-electron chi connectivity index (χ2n) is 12.4. The van der Waals surface area contributed by atoms with Crippen molar-refractivity contribution in [2.45, 2.75) is 56.5 Å². The van der Waals surface area contributed by atoms with Crippen LogP contribution in [0.4, 0.5) is 0 Å². The van der Waals surface area contributed by atoms with Gasteiger partial charge >= 0.3 is 0 Å². The molecule has 0 bridgehead atoms. The SMILES string of the molecule is COCCCCC1(CNC(=O)C2CC(C(=O)N(Cc3ccncc3)C3CC3)CN(Br)C2)c2ccccc2Oc2ccccc21. The number of hydrogen-bond donors (Lipinski definition) is 1. The third-order valence-electron chi connectivity index (χ3n) is 9.29. The zero-order valence-corrected chi connectivity index (χ0v) is 26.9. The highest BCUT2D eigenvalue weighted by molar-refractivity contribution is 9.07. The molecule has 1 saturated heterocycles. The smallest absolute Gasteiger partial charge is 0.227 e. The van der Waals surface area contributed by atoms with Gasteiger partial charge in [0, 0.05) is 91.0 Å². The summed E-state index contributed by atoms with van der Waals surface area (Å²) in [4.78, 5) is 34.0. The molecule has 2 atom stereocenters. The number of aromatic nitrogens is 1. The lowest BCUT2D eigenvalue weighted by atomic mass is 9.69. The number of hydrogen-bond acceptors (Lipinski definition) is 6. The largest absolute Gasteiger partial charge is 0.457 e. The fourth-order valence-corrected chi connectivity index (χ4v) is 7.58. The van der Waals surface area contributed by atoms with Crippen LogP contribution in [0.1, 0.15) is 55.2 Å². The van der Waals surface area contributed by atoms with E-state index in [1.807, 2.05) is 57.4 Å². The number of para-hydroxylation sites is 2. The quantitative estimate of drug-likeness (QED) is 0.194. The molecule has 2 unspecified atom stereocenters. The van der Waals surface area contributed by atoms with Gasteiger partial charge in [-0.2, -0.15) is 0 Å². The first-order valence-corrected chi connectivity index (χ1v) is 16.4. The molecule has 1 N–H and O–H groups in total. The second-order valence-corrected chi connectivity index (χ2v) is 13.4. The molecule has 1 aliphatic carbocycles. The molecule has 2 aliphatic heterocycles. The summed E-state index contributed by atoms with van der Waals surface area (Å²) in [7, 11) is 1.73. The van der Waals surface area contributed by atoms with Gasteiger partial charge in [-0.05, 0) is 68.4 Å². The first-order chi connectivity index (χ1) is 21.5. The van der Waals surface area contributed by atoms with E-state index in [0.29, 0.717) is 39.2 Å². The number of halogens is 1. The number of fused-ring (bicyclic) bond motifs is 2. The van der Waals surface area contributed by atoms with Gasteiger partial charge in [0.2, 0.25) is 11.8 Å². The number of nitrogens with zero attached hydrogens (tertiary/aromatic N) is 3. The first-order valence-electron chi connectivity index (χ1n) is 15.7. The van der Waals surface area contributed by atoms with E-state index in [9.17, 15) is 9.59 Å². The van der Waals surface area contributed by atoms with Gasteiger partial charge in [0.05, 0.1) is 11.8 Å². The van der Waals surface area contributed by atoms with Gasteiger partial charge in [0.25, 0.3) is 0 Å². The fraction of sp³-hybridized carbons (Fsp3) is 0.457. The van der Waals surface area contributed by atoms with Crippen LogP contribution in [0.25, 0.3) is 0 Å². The summed E-state index contributed by atoms with van der Waals surface area (Å²) in [5.41, 5.74) is 2.81. The Bertz CT molecular complexity index is 1400. The maximum atomic E-state index is 14.0. The van der Waals surface area contributed by atoms with E-state index < -0.39 is 5.41 Å². The number of nitrogens with one attached hydrogen (secondary N) is 1. The van der Waals surface area contributed by atoms with E-state index in [1.165, 1.54) is 0 Å². The molecule has 9 heteroatoms. The van der Waals surface area contributed by atoms with Crippen molar-refractivity contribution in [1.29, 1.82) is 0 Å². The predicted molar refractivity (Wildman–Crippen MR) is 172 cm³/mol. The Hall–Kier alpha value is -3.27. The summed E-state index contributed by atoms with van der Waals surface area (Å²) in [6.45, 7) is 2.86. The number of rotatable bonds is 12. The summed E-state index contributed by atoms with van der Waals surface area (Å²) in [5.74, 6) is 1.21. The van der Waals surface area contributed by atoms with Crippen LogP contribution >= 0.6 is 16.1 Å². The van der Waals surface area contributed by atoms with Crippen molar-refractivity contribution < 1.29 is 19.1 Å². The molecular weight excluding hydrogens is 620 g/mol. The summed E-state index contributed by atoms with van der Waals surface area (Å²) >= 11 is 3.65. The number of ether oxygens (including phenoxy) is 2. The summed E-state index contributed by atoms with van der Waals surface area (Å²) in [5, 5.41) is 3.36. The average Bonchev–Trinajstić information content (AvgIpc) is 3.90. The molecule has 2 amide bonds. The Morgan fingerprint density at radius 2 is 1.66 bits per heavy atom. The number of pyridine rings is 1. The number of piperidine rings is 1. The molecule has 0 radical (unpaired) electrons. The summed E-state index contributed by atoms with van der Waals surface area (Å²) < 4.78 is 13.6. The molecule has 8 nitrogen and oxygen atoms in total. The van der Waals surface area contributed by atoms with E-state index in [1.54, 1.807) is 19.5 Å². The van der Waals surface area contributed by atoms with Gasteiger partial charge in [-0.3, -0.25) is 14.6 Å². The Labute approximate surface area is 268 Å². The van der Waals surface area contributed by atoms with Gasteiger partial charge in [-0.25, -0.2) is 3.93 Å². The Morgan fingerprint density at radius 1 is 1.00 bits per heavy atom. The third-order valence-corrected chi connectivity index (χ3v) is 9.87. The molecule has 1 saturated carbocycles. The minimum atomic E-state index is -0.444. The van der Waals surface area contributed by atoms with Crippen LogP contribution in [0, 0.1) is 11.8 Å². The zero-order valence-electron chi connectivity index (χ0n) is 25.3. The number of methoxy groups -OCH3 is 1. The molecule has 0 spiro atoms. The summed E-state index contributed by atoms with van der Waals surface area (Å²) in [6, 6.07) is 20.5. The molecule has 3 heterocycles. The highest BCUT2D eigenvalue weighted by Gasteiger charge is 2.44. The topological polar surface area (TPSA) is 84.0 Å². The van der Waals surface area contributed by atoms with Gasteiger partial charge in [0.1, 0.15) is 11.5 Å². The Balaban J connectivity index is 1.20. The van der Waals surface area contributed by atoms with E-state index in [2.05, 4.69) is 38.6 Å². The van der Waals surface area contributed by atoms with Crippen LogP contribution in [0.15, 0.2) is 73.1 Å². The van der Waals surface area contributed by atoms with Gasteiger partial charge in [-0.15, -0.1) is 0 Å². The number of amides is 2. The standard InChI is InChI=1S/C35H41BrN4O4/c1-43-19-7-6-16-35(29-8-2-4-10-31(29)44-32-11-5-3-9-30(32)35)24-38-33(41)26-20-27(23-39(36)22-26)34(42)40(28-12-13-28)21-25-14-17-37-18-15-25/h2-5,8-11,14-15,17-18,26-28H,6-7,12-13,16,19-24H2,1H3,(H,38,41). The normalized spacial score (nSPS) is 20.6. The number of benzene rings is 2. The molecule has 1 aromatic heterocycles. The van der Waals surface area contributed by atoms with Crippen LogP contribution in [0.3, 0.4) is 0 Å². The maximum Gasteiger partial charge on any atom is 0.227 e. The van der Waals surface area contributed by atoms with Crippen molar-refractivity contribution in [3.8, 4) is 11.5 Å². The van der Waals surface area contributed by atoms with Crippen molar-refractivity contribution in [1.82, 2.24) is 19.1 Å². The predicted octanol–water partition coefficient (Wildman–Crippen LogP) is 5.85. The van der Waals surface area contributed by atoms with Crippen LogP contribution in [0.5, 0.6) is 11.5 Å². The van der Waals surface area contributed by atoms with Crippen molar-refractivity contribution in [2.75, 3.05) is 33.4 Å². The van der Waals surface area contributed by atoms with E-state index in [0.717, 1.165) is 60.3 Å². The van der Waals surface area contributed by atoms with Crippen LogP contribution in [-0.4, -0.2) is 65.0 Å². The number of carbonyl (C=O) groups is 2. The highest BCUT2D eigenvalue weighted by Crippen LogP contribution is 2.50. The highest BCUT2D eigenvalue weighted by atomic mass is 79.9. The van der Waals surface area contributed by atoms with Crippen LogP contribution in [-0.2, 0) is 26.3 Å². The first kappa shape index (κ1) is 30.7. The molecule has 6 rings (SSSR count). The van der Waals surface area contributed by atoms with Crippen molar-refractivity contribution in [3.63, 3.8) is 0 Å².